The van der Waals surface area contributed by atoms with Crippen LogP contribution in [0.1, 0.15) is 24.7 Å². The Kier molecular flexibility index (Phi) is 1.75. The van der Waals surface area contributed by atoms with Gasteiger partial charge in [0.05, 0.1) is 5.69 Å². The first-order valence-electron chi connectivity index (χ1n) is 4.42. The number of hydrogen-bond acceptors (Lipinski definition) is 2. The van der Waals surface area contributed by atoms with Gasteiger partial charge in [-0.15, -0.1) is 0 Å². The molecule has 0 radical (unpaired) electrons. The zero-order valence-electron chi connectivity index (χ0n) is 7.50. The molecule has 0 fully saturated rings. The molecular weight excluding hydrogens is 150 g/mol. The molecule has 0 saturated heterocycles. The van der Waals surface area contributed by atoms with Crippen LogP contribution in [0.25, 0.3) is 0 Å². The molecule has 0 saturated carbocycles. The molecule has 2 nitrogen and oxygen atoms in total. The van der Waals surface area contributed by atoms with Gasteiger partial charge in [-0.1, -0.05) is 6.92 Å². The molecule has 1 atom stereocenters. The molecule has 1 aromatic heterocycles. The van der Waals surface area contributed by atoms with Crippen LogP contribution in [0.3, 0.4) is 0 Å². The SMILES string of the molecule is CCC1Cc2nc(C)ccc2O1. The number of nitrogens with zero attached hydrogens (tertiary/aromatic N) is 1. The van der Waals surface area contributed by atoms with Gasteiger partial charge >= 0.3 is 0 Å². The van der Waals surface area contributed by atoms with E-state index in [1.165, 1.54) is 0 Å². The number of pyridine rings is 1. The fourth-order valence-corrected chi connectivity index (χ4v) is 1.52. The van der Waals surface area contributed by atoms with Crippen LogP contribution < -0.4 is 4.74 Å². The molecular formula is C10H13NO. The van der Waals surface area contributed by atoms with Gasteiger partial charge in [0, 0.05) is 12.1 Å². The first-order chi connectivity index (χ1) is 5.79. The molecule has 1 aliphatic rings. The monoisotopic (exact) mass is 163 g/mol. The number of fused-ring (bicyclic) bond motifs is 1. The van der Waals surface area contributed by atoms with Crippen molar-refractivity contribution in [1.82, 2.24) is 4.98 Å². The van der Waals surface area contributed by atoms with Gasteiger partial charge < -0.3 is 4.74 Å². The van der Waals surface area contributed by atoms with Crippen molar-refractivity contribution in [2.75, 3.05) is 0 Å². The van der Waals surface area contributed by atoms with Crippen molar-refractivity contribution in [1.29, 1.82) is 0 Å². The Morgan fingerprint density at radius 1 is 1.58 bits per heavy atom. The number of aromatic nitrogens is 1. The van der Waals surface area contributed by atoms with E-state index in [-0.39, 0.29) is 0 Å². The predicted octanol–water partition coefficient (Wildman–Crippen LogP) is 2.10. The van der Waals surface area contributed by atoms with Gasteiger partial charge in [0.1, 0.15) is 11.9 Å². The fraction of sp³-hybridized carbons (Fsp3) is 0.500. The Labute approximate surface area is 72.6 Å². The van der Waals surface area contributed by atoms with E-state index in [4.69, 9.17) is 4.74 Å². The minimum Gasteiger partial charge on any atom is -0.488 e. The maximum atomic E-state index is 5.65. The second kappa shape index (κ2) is 2.77. The highest BCUT2D eigenvalue weighted by Crippen LogP contribution is 2.28. The van der Waals surface area contributed by atoms with Crippen LogP contribution >= 0.6 is 0 Å². The number of aryl methyl sites for hydroxylation is 1. The molecule has 2 rings (SSSR count). The minimum absolute atomic E-state index is 0.356. The topological polar surface area (TPSA) is 22.1 Å². The number of ether oxygens (including phenoxy) is 1. The molecule has 0 spiro atoms. The van der Waals surface area contributed by atoms with Gasteiger partial charge in [-0.3, -0.25) is 4.98 Å². The average molecular weight is 163 g/mol. The molecule has 0 aliphatic carbocycles. The summed E-state index contributed by atoms with van der Waals surface area (Å²) >= 11 is 0. The summed E-state index contributed by atoms with van der Waals surface area (Å²) in [6, 6.07) is 4.02. The summed E-state index contributed by atoms with van der Waals surface area (Å²) in [6.45, 7) is 4.16. The first-order valence-corrected chi connectivity index (χ1v) is 4.42. The van der Waals surface area contributed by atoms with Crippen molar-refractivity contribution >= 4 is 0 Å². The first kappa shape index (κ1) is 7.59. The van der Waals surface area contributed by atoms with E-state index in [0.717, 1.165) is 30.0 Å². The number of hydrogen-bond donors (Lipinski definition) is 0. The van der Waals surface area contributed by atoms with Crippen molar-refractivity contribution < 1.29 is 4.74 Å². The van der Waals surface area contributed by atoms with Gasteiger partial charge in [0.15, 0.2) is 0 Å². The summed E-state index contributed by atoms with van der Waals surface area (Å²) < 4.78 is 5.65. The lowest BCUT2D eigenvalue weighted by molar-refractivity contribution is 0.228. The van der Waals surface area contributed by atoms with Crippen LogP contribution in [0.15, 0.2) is 12.1 Å². The van der Waals surface area contributed by atoms with Gasteiger partial charge in [-0.2, -0.15) is 0 Å². The van der Waals surface area contributed by atoms with E-state index < -0.39 is 0 Å². The van der Waals surface area contributed by atoms with Crippen LogP contribution in [-0.2, 0) is 6.42 Å². The van der Waals surface area contributed by atoms with Crippen LogP contribution in [0, 0.1) is 6.92 Å². The molecule has 64 valence electrons. The van der Waals surface area contributed by atoms with Gasteiger partial charge in [-0.05, 0) is 25.5 Å². The molecule has 1 aromatic rings. The summed E-state index contributed by atoms with van der Waals surface area (Å²) in [7, 11) is 0. The Morgan fingerprint density at radius 2 is 2.42 bits per heavy atom. The average Bonchev–Trinajstić information content (AvgIpc) is 2.46. The second-order valence-electron chi connectivity index (χ2n) is 3.25. The Bertz CT molecular complexity index is 296. The van der Waals surface area contributed by atoms with E-state index in [0.29, 0.717) is 6.10 Å². The van der Waals surface area contributed by atoms with Crippen molar-refractivity contribution in [3.8, 4) is 5.75 Å². The summed E-state index contributed by atoms with van der Waals surface area (Å²) in [5, 5.41) is 0. The maximum Gasteiger partial charge on any atom is 0.141 e. The van der Waals surface area contributed by atoms with E-state index in [2.05, 4.69) is 11.9 Å². The molecule has 12 heavy (non-hydrogen) atoms. The minimum atomic E-state index is 0.356. The zero-order chi connectivity index (χ0) is 8.55. The molecule has 0 bridgehead atoms. The van der Waals surface area contributed by atoms with Gasteiger partial charge in [0.2, 0.25) is 0 Å². The summed E-state index contributed by atoms with van der Waals surface area (Å²) in [4.78, 5) is 4.43. The zero-order valence-corrected chi connectivity index (χ0v) is 7.50. The highest BCUT2D eigenvalue weighted by Gasteiger charge is 2.21. The van der Waals surface area contributed by atoms with E-state index in [1.54, 1.807) is 0 Å². The van der Waals surface area contributed by atoms with Crippen LogP contribution in [-0.4, -0.2) is 11.1 Å². The molecule has 0 amide bonds. The smallest absolute Gasteiger partial charge is 0.141 e. The van der Waals surface area contributed by atoms with E-state index >= 15 is 0 Å². The van der Waals surface area contributed by atoms with E-state index in [9.17, 15) is 0 Å². The van der Waals surface area contributed by atoms with Crippen LogP contribution in [0.5, 0.6) is 5.75 Å². The van der Waals surface area contributed by atoms with Crippen LogP contribution in [0.2, 0.25) is 0 Å². The standard InChI is InChI=1S/C10H13NO/c1-3-8-6-9-10(12-8)5-4-7(2)11-9/h4-5,8H,3,6H2,1-2H3. The maximum absolute atomic E-state index is 5.65. The molecule has 2 heterocycles. The Hall–Kier alpha value is -1.05. The second-order valence-corrected chi connectivity index (χ2v) is 3.25. The van der Waals surface area contributed by atoms with Crippen molar-refractivity contribution in [2.45, 2.75) is 32.8 Å². The highest BCUT2D eigenvalue weighted by molar-refractivity contribution is 5.33. The third-order valence-corrected chi connectivity index (χ3v) is 2.24. The summed E-state index contributed by atoms with van der Waals surface area (Å²) in [5.74, 6) is 0.979. The lowest BCUT2D eigenvalue weighted by Gasteiger charge is -2.04. The Morgan fingerprint density at radius 3 is 3.17 bits per heavy atom. The third kappa shape index (κ3) is 1.17. The summed E-state index contributed by atoms with van der Waals surface area (Å²) in [5.41, 5.74) is 2.20. The Balaban J connectivity index is 2.30. The molecule has 2 heteroatoms. The molecule has 1 aliphatic heterocycles. The lowest BCUT2D eigenvalue weighted by Crippen LogP contribution is -2.10. The predicted molar refractivity (Wildman–Crippen MR) is 47.4 cm³/mol. The third-order valence-electron chi connectivity index (χ3n) is 2.24. The molecule has 0 aromatic carbocycles. The van der Waals surface area contributed by atoms with Gasteiger partial charge in [0.25, 0.3) is 0 Å². The number of rotatable bonds is 1. The van der Waals surface area contributed by atoms with Crippen molar-refractivity contribution in [3.05, 3.63) is 23.5 Å². The van der Waals surface area contributed by atoms with Gasteiger partial charge in [-0.25, -0.2) is 0 Å². The van der Waals surface area contributed by atoms with E-state index in [1.807, 2.05) is 19.1 Å². The normalized spacial score (nSPS) is 20.3. The molecule has 1 unspecified atom stereocenters. The summed E-state index contributed by atoms with van der Waals surface area (Å²) in [6.07, 6.45) is 2.40. The van der Waals surface area contributed by atoms with Crippen molar-refractivity contribution in [3.63, 3.8) is 0 Å². The van der Waals surface area contributed by atoms with Crippen molar-refractivity contribution in [2.24, 2.45) is 0 Å². The largest absolute Gasteiger partial charge is 0.488 e. The van der Waals surface area contributed by atoms with Crippen LogP contribution in [0.4, 0.5) is 0 Å². The molecule has 0 N–H and O–H groups in total. The quantitative estimate of drug-likeness (QED) is 0.632. The fourth-order valence-electron chi connectivity index (χ4n) is 1.52. The highest BCUT2D eigenvalue weighted by atomic mass is 16.5. The lowest BCUT2D eigenvalue weighted by atomic mass is 10.2.